The largest absolute Gasteiger partial charge is 0.536 e. The molecule has 0 aromatic rings. The first-order valence-electron chi connectivity index (χ1n) is 22.9. The van der Waals surface area contributed by atoms with E-state index in [1.54, 1.807) is 27.7 Å². The Hall–Kier alpha value is -3.14. The van der Waals surface area contributed by atoms with Crippen LogP contribution in [-0.4, -0.2) is 122 Å². The molecule has 0 aromatic carbocycles. The van der Waals surface area contributed by atoms with Crippen LogP contribution in [0.1, 0.15) is 131 Å². The first kappa shape index (κ1) is 51.8. The topological polar surface area (TPSA) is 260 Å². The van der Waals surface area contributed by atoms with Crippen molar-refractivity contribution in [3.63, 3.8) is 0 Å². The van der Waals surface area contributed by atoms with Crippen LogP contribution in [0, 0.1) is 11.8 Å². The highest BCUT2D eigenvalue weighted by molar-refractivity contribution is 6.56. The molecule has 3 spiro atoms. The molecule has 8 N–H and O–H groups in total. The predicted octanol–water partition coefficient (Wildman–Crippen LogP) is 5.03. The van der Waals surface area contributed by atoms with Gasteiger partial charge in [0.25, 0.3) is 0 Å². The van der Waals surface area contributed by atoms with E-state index >= 15 is 0 Å². The van der Waals surface area contributed by atoms with Gasteiger partial charge in [-0.25, -0.2) is 9.59 Å². The molecule has 0 aromatic heterocycles. The number of cyclic esters (lactones) is 2. The Kier molecular flexibility index (Phi) is 17.2. The number of rotatable bonds is 0. The summed E-state index contributed by atoms with van der Waals surface area (Å²) in [7, 11) is 0. The summed E-state index contributed by atoms with van der Waals surface area (Å²) in [5.41, 5.74) is -4.13. The van der Waals surface area contributed by atoms with Crippen molar-refractivity contribution in [2.75, 3.05) is 0 Å². The van der Waals surface area contributed by atoms with Gasteiger partial charge in [0, 0.05) is 24.7 Å². The lowest BCUT2D eigenvalue weighted by Gasteiger charge is -2.53. The third-order valence-corrected chi connectivity index (χ3v) is 13.6. The average molecular weight is 906 g/mol. The van der Waals surface area contributed by atoms with Crippen molar-refractivity contribution in [3.8, 4) is 0 Å². The Morgan fingerprint density at radius 3 is 1.27 bits per heavy atom. The zero-order valence-electron chi connectivity index (χ0n) is 38.6. The van der Waals surface area contributed by atoms with Crippen molar-refractivity contribution in [2.24, 2.45) is 11.8 Å². The molecule has 15 atom stereocenters. The monoisotopic (exact) mass is 905 g/mol. The van der Waals surface area contributed by atoms with Gasteiger partial charge in [-0.3, -0.25) is 9.59 Å². The number of esters is 2. The summed E-state index contributed by atoms with van der Waals surface area (Å²) in [5, 5.41) is 46.4. The Morgan fingerprint density at radius 2 is 0.906 bits per heavy atom. The lowest BCUT2D eigenvalue weighted by molar-refractivity contribution is -0.345. The molecule has 6 aliphatic rings. The van der Waals surface area contributed by atoms with Crippen molar-refractivity contribution in [3.05, 3.63) is 48.6 Å². The standard InChI is InChI=1S/C46H68BO16.H3N/c1-29-19-15-11-7-9-13-17-21-33(48)28-36(51)32(4)38-24-26-44(6,55)46(59-38)40-42(53)57-30(2)20-16-12-8-10-14-18-22-34(49)27-35(50)31(3)37-23-25-43(5,54)45(58-37)39(41(52)56-29)60-47(61-40,62-45)63-46;/h7-14,29-34,37-40,48-49,54-55H,15-28H2,1-6H3;1H3/q-1;/p+1/b11-7-,12-8-,13-9+,14-10+;/t29-,30-,31-,32+,33-,34+,37+,38+,39+,40+,43+,44+,45-,46-,47?;/m1./s1. The zero-order valence-corrected chi connectivity index (χ0v) is 38.6. The van der Waals surface area contributed by atoms with E-state index in [0.717, 1.165) is 0 Å². The maximum Gasteiger partial charge on any atom is 0.536 e. The van der Waals surface area contributed by atoms with Crippen molar-refractivity contribution >= 4 is 30.5 Å². The summed E-state index contributed by atoms with van der Waals surface area (Å²) >= 11 is 0. The molecule has 6 rings (SSSR count). The van der Waals surface area contributed by atoms with E-state index < -0.39 is 102 Å². The summed E-state index contributed by atoms with van der Waals surface area (Å²) in [6, 6.07) is 0. The number of Topliss-reactive ketones (excluding diaryl/α,β-unsaturated/α-hetero) is 2. The number of hydrogen-bond donors (Lipinski definition) is 5. The number of allylic oxidation sites excluding steroid dienone is 8. The van der Waals surface area contributed by atoms with Gasteiger partial charge in [0.05, 0.1) is 36.6 Å². The van der Waals surface area contributed by atoms with Crippen LogP contribution in [0.15, 0.2) is 48.6 Å². The van der Waals surface area contributed by atoms with Gasteiger partial charge in [0.15, 0.2) is 23.8 Å². The minimum atomic E-state index is -3.90. The predicted molar refractivity (Wildman–Crippen MR) is 233 cm³/mol. The Balaban J connectivity index is 0.00000771. The van der Waals surface area contributed by atoms with Gasteiger partial charge >= 0.3 is 18.9 Å². The summed E-state index contributed by atoms with van der Waals surface area (Å²) in [6.07, 6.45) is 8.97. The van der Waals surface area contributed by atoms with Gasteiger partial charge in [0.1, 0.15) is 22.8 Å². The summed E-state index contributed by atoms with van der Waals surface area (Å²) in [4.78, 5) is 56.6. The molecule has 17 nitrogen and oxygen atoms in total. The molecule has 7 bridgehead atoms. The second kappa shape index (κ2) is 21.2. The van der Waals surface area contributed by atoms with E-state index in [2.05, 4.69) is 0 Å². The highest BCUT2D eigenvalue weighted by Crippen LogP contribution is 2.57. The van der Waals surface area contributed by atoms with Crippen LogP contribution in [0.5, 0.6) is 0 Å². The van der Waals surface area contributed by atoms with Crippen LogP contribution in [0.25, 0.3) is 0 Å². The molecule has 4 saturated heterocycles. The number of carbonyl (C=O) groups is 4. The van der Waals surface area contributed by atoms with Crippen LogP contribution < -0.4 is 6.15 Å². The van der Waals surface area contributed by atoms with Crippen LogP contribution >= 0.6 is 0 Å². The van der Waals surface area contributed by atoms with E-state index in [4.69, 9.17) is 37.6 Å². The zero-order chi connectivity index (χ0) is 45.8. The normalized spacial score (nSPS) is 46.7. The molecule has 4 fully saturated rings. The first-order valence-corrected chi connectivity index (χ1v) is 22.9. The summed E-state index contributed by atoms with van der Waals surface area (Å²) in [6.45, 7) is 5.49. The highest BCUT2D eigenvalue weighted by atomic mass is 17.0. The SMILES string of the molecule is C[C@@H]1CC/C=C\C=C\CC[C@@H](O)CC(=O)[C@H](C)[C@@H]2CC[C@](C)(O)[C@]3(O2)O[B-]24O[C@@H](C(=O)O1)[C@@]1(O[C@@H](CC[C@]1(C)O)[C@H](C)C(=O)C[C@@H](O)CC/C=C/C=C\CC[C@@H](C)OC(=O)[C@@H]3O2)O4.[NH4+]. The van der Waals surface area contributed by atoms with Crippen molar-refractivity contribution < 1.29 is 77.2 Å². The number of aliphatic hydroxyl groups excluding tert-OH is 2. The smallest absolute Gasteiger partial charge is 0.504 e. The molecule has 0 radical (unpaired) electrons. The molecule has 18 heteroatoms. The molecule has 6 heterocycles. The molecule has 360 valence electrons. The number of hydrogen-bond acceptors (Lipinski definition) is 16. The van der Waals surface area contributed by atoms with E-state index in [1.807, 2.05) is 48.6 Å². The van der Waals surface area contributed by atoms with Crippen LogP contribution in [0.3, 0.4) is 0 Å². The van der Waals surface area contributed by atoms with E-state index in [0.29, 0.717) is 51.4 Å². The van der Waals surface area contributed by atoms with Gasteiger partial charge in [-0.05, 0) is 105 Å². The van der Waals surface area contributed by atoms with Crippen molar-refractivity contribution in [1.82, 2.24) is 6.15 Å². The van der Waals surface area contributed by atoms with Crippen molar-refractivity contribution in [1.29, 1.82) is 0 Å². The Bertz CT molecular complexity index is 1660. The van der Waals surface area contributed by atoms with Gasteiger partial charge in [-0.15, -0.1) is 0 Å². The Morgan fingerprint density at radius 1 is 0.562 bits per heavy atom. The second-order valence-corrected chi connectivity index (χ2v) is 18.9. The number of carbonyl (C=O) groups excluding carboxylic acids is 4. The van der Waals surface area contributed by atoms with Crippen LogP contribution in [-0.2, 0) is 56.7 Å². The third kappa shape index (κ3) is 11.2. The molecular formula is C46H72BNO16. The lowest BCUT2D eigenvalue weighted by Crippen LogP contribution is -2.68. The lowest BCUT2D eigenvalue weighted by atomic mass is 9.79. The number of ether oxygens (including phenoxy) is 4. The first-order chi connectivity index (χ1) is 29.7. The third-order valence-electron chi connectivity index (χ3n) is 13.6. The Labute approximate surface area is 376 Å². The molecule has 0 saturated carbocycles. The number of ketones is 2. The summed E-state index contributed by atoms with van der Waals surface area (Å²) in [5.74, 6) is -9.43. The second-order valence-electron chi connectivity index (χ2n) is 18.9. The highest BCUT2D eigenvalue weighted by Gasteiger charge is 2.77. The number of quaternary nitrogens is 1. The van der Waals surface area contributed by atoms with E-state index in [9.17, 15) is 39.6 Å². The van der Waals surface area contributed by atoms with E-state index in [1.165, 1.54) is 13.8 Å². The maximum absolute atomic E-state index is 14.5. The van der Waals surface area contributed by atoms with Crippen LogP contribution in [0.4, 0.5) is 0 Å². The molecule has 6 aliphatic heterocycles. The molecule has 1 unspecified atom stereocenters. The van der Waals surface area contributed by atoms with Gasteiger partial charge in [-0.2, -0.15) is 0 Å². The fourth-order valence-electron chi connectivity index (χ4n) is 9.40. The maximum atomic E-state index is 14.5. The van der Waals surface area contributed by atoms with Crippen molar-refractivity contribution in [2.45, 2.75) is 203 Å². The fraction of sp³-hybridized carbons (Fsp3) is 0.739. The fourth-order valence-corrected chi connectivity index (χ4v) is 9.40. The van der Waals surface area contributed by atoms with E-state index in [-0.39, 0.29) is 56.2 Å². The molecule has 0 aliphatic carbocycles. The van der Waals surface area contributed by atoms with Gasteiger partial charge in [-0.1, -0.05) is 62.5 Å². The summed E-state index contributed by atoms with van der Waals surface area (Å²) < 4.78 is 51.2. The molecule has 64 heavy (non-hydrogen) atoms. The molecular weight excluding hydrogens is 833 g/mol. The minimum absolute atomic E-state index is 0. The number of fused-ring (bicyclic) bond motifs is 4. The molecule has 0 amide bonds. The quantitative estimate of drug-likeness (QED) is 0.158. The average Bonchev–Trinajstić information content (AvgIpc) is 3.72. The van der Waals surface area contributed by atoms with Gasteiger partial charge in [0.2, 0.25) is 0 Å². The van der Waals surface area contributed by atoms with Gasteiger partial charge < -0.3 is 64.1 Å². The minimum Gasteiger partial charge on any atom is -0.504 e. The number of aliphatic hydroxyl groups is 4. The van der Waals surface area contributed by atoms with Crippen LogP contribution in [0.2, 0.25) is 0 Å².